The van der Waals surface area contributed by atoms with E-state index in [4.69, 9.17) is 9.97 Å². The highest BCUT2D eigenvalue weighted by Gasteiger charge is 2.20. The molecule has 0 spiro atoms. The zero-order chi connectivity index (χ0) is 21.4. The van der Waals surface area contributed by atoms with Gasteiger partial charge in [-0.05, 0) is 31.5 Å². The van der Waals surface area contributed by atoms with Gasteiger partial charge in [-0.1, -0.05) is 24.3 Å². The first kappa shape index (κ1) is 22.2. The Kier molecular flexibility index (Phi) is 6.43. The zero-order valence-electron chi connectivity index (χ0n) is 18.4. The molecule has 0 unspecified atom stereocenters. The lowest BCUT2D eigenvalue weighted by atomic mass is 10.0. The molecule has 0 bridgehead atoms. The van der Waals surface area contributed by atoms with E-state index in [2.05, 4.69) is 56.0 Å². The van der Waals surface area contributed by atoms with Gasteiger partial charge in [0.15, 0.2) is 0 Å². The van der Waals surface area contributed by atoms with Crippen LogP contribution in [0.25, 0.3) is 11.3 Å². The number of hydrogen-bond acceptors (Lipinski definition) is 7. The van der Waals surface area contributed by atoms with E-state index in [0.29, 0.717) is 11.6 Å². The van der Waals surface area contributed by atoms with Gasteiger partial charge in [0, 0.05) is 57.1 Å². The van der Waals surface area contributed by atoms with Gasteiger partial charge in [0.2, 0.25) is 11.9 Å². The fraction of sp³-hybridized carbons (Fsp3) is 0.391. The maximum Gasteiger partial charge on any atom is 0.252 e. The van der Waals surface area contributed by atoms with Crippen LogP contribution in [0.4, 0.5) is 11.9 Å². The number of fused-ring (bicyclic) bond motifs is 1. The lowest BCUT2D eigenvalue weighted by molar-refractivity contribution is 0.311. The molecule has 1 fully saturated rings. The number of aromatic amines is 1. The number of hydrogen-bond donors (Lipinski definition) is 1. The molecule has 0 aliphatic carbocycles. The number of aryl methyl sites for hydroxylation is 1. The summed E-state index contributed by atoms with van der Waals surface area (Å²) in [6.45, 7) is 7.35. The molecule has 2 aromatic heterocycles. The van der Waals surface area contributed by atoms with Crippen LogP contribution in [0.5, 0.6) is 0 Å². The van der Waals surface area contributed by atoms with Gasteiger partial charge in [-0.25, -0.2) is 15.0 Å². The minimum Gasteiger partial charge on any atom is -0.338 e. The van der Waals surface area contributed by atoms with Gasteiger partial charge in [-0.2, -0.15) is 0 Å². The normalized spacial score (nSPS) is 16.4. The van der Waals surface area contributed by atoms with E-state index in [1.54, 1.807) is 6.20 Å². The van der Waals surface area contributed by atoms with Crippen molar-refractivity contribution >= 4 is 24.3 Å². The average molecular weight is 454 g/mol. The molecule has 32 heavy (non-hydrogen) atoms. The molecule has 0 atom stereocenters. The first-order valence-electron chi connectivity index (χ1n) is 10.8. The highest BCUT2D eigenvalue weighted by molar-refractivity contribution is 5.85. The summed E-state index contributed by atoms with van der Waals surface area (Å²) >= 11 is 0. The number of benzene rings is 1. The van der Waals surface area contributed by atoms with Gasteiger partial charge in [0.25, 0.3) is 5.56 Å². The number of halogens is 1. The fourth-order valence-corrected chi connectivity index (χ4v) is 4.27. The Labute approximate surface area is 193 Å². The third-order valence-electron chi connectivity index (χ3n) is 6.19. The molecule has 168 valence electrons. The first-order chi connectivity index (χ1) is 15.1. The Bertz CT molecular complexity index is 1160. The summed E-state index contributed by atoms with van der Waals surface area (Å²) in [5.41, 5.74) is 4.71. The molecule has 9 heteroatoms. The van der Waals surface area contributed by atoms with Gasteiger partial charge >= 0.3 is 0 Å². The van der Waals surface area contributed by atoms with Crippen LogP contribution in [-0.2, 0) is 13.0 Å². The number of aromatic nitrogens is 4. The number of piperazine rings is 1. The van der Waals surface area contributed by atoms with Crippen molar-refractivity contribution in [1.29, 1.82) is 0 Å². The molecule has 0 radical (unpaired) electrons. The molecular formula is C23H28ClN7O. The molecule has 1 N–H and O–H groups in total. The standard InChI is InChI=1S/C23H27N7O.ClH/c1-16-19(14-24-22(25-16)29-11-9-28(2)10-12-29)20-13-21(31)27-23(26-20)30-8-7-17-5-3-4-6-18(17)15-30;/h3-6,13-14H,7-12,15H2,1-2H3,(H,26,27,31);1H. The second kappa shape index (κ2) is 9.26. The van der Waals surface area contributed by atoms with Crippen LogP contribution in [0.15, 0.2) is 41.3 Å². The van der Waals surface area contributed by atoms with Crippen LogP contribution in [0.2, 0.25) is 0 Å². The Morgan fingerprint density at radius 3 is 2.47 bits per heavy atom. The number of likely N-dealkylation sites (N-methyl/N-ethyl adjacent to an activating group) is 1. The monoisotopic (exact) mass is 453 g/mol. The van der Waals surface area contributed by atoms with E-state index in [0.717, 1.165) is 62.9 Å². The Morgan fingerprint density at radius 2 is 1.72 bits per heavy atom. The van der Waals surface area contributed by atoms with E-state index in [-0.39, 0.29) is 18.0 Å². The van der Waals surface area contributed by atoms with Crippen molar-refractivity contribution in [2.24, 2.45) is 0 Å². The minimum absolute atomic E-state index is 0. The molecule has 4 heterocycles. The highest BCUT2D eigenvalue weighted by Crippen LogP contribution is 2.25. The second-order valence-corrected chi connectivity index (χ2v) is 8.35. The van der Waals surface area contributed by atoms with Crippen molar-refractivity contribution in [2.45, 2.75) is 19.9 Å². The Hall–Kier alpha value is -2.97. The van der Waals surface area contributed by atoms with Crippen LogP contribution in [0.3, 0.4) is 0 Å². The maximum absolute atomic E-state index is 12.5. The molecule has 8 nitrogen and oxygen atoms in total. The summed E-state index contributed by atoms with van der Waals surface area (Å²) in [5, 5.41) is 0. The summed E-state index contributed by atoms with van der Waals surface area (Å²) in [6.07, 6.45) is 2.74. The number of rotatable bonds is 3. The van der Waals surface area contributed by atoms with E-state index >= 15 is 0 Å². The largest absolute Gasteiger partial charge is 0.338 e. The third kappa shape index (κ3) is 4.47. The molecule has 3 aromatic rings. The topological polar surface area (TPSA) is 81.2 Å². The van der Waals surface area contributed by atoms with Crippen LogP contribution in [0, 0.1) is 6.92 Å². The van der Waals surface area contributed by atoms with Crippen molar-refractivity contribution in [3.8, 4) is 11.3 Å². The SMILES string of the molecule is Cc1nc(N2CCN(C)CC2)ncc1-c1cc(=O)[nH]c(N2CCc3ccccc3C2)n1.Cl. The quantitative estimate of drug-likeness (QED) is 0.651. The number of H-pyrrole nitrogens is 1. The zero-order valence-corrected chi connectivity index (χ0v) is 19.2. The first-order valence-corrected chi connectivity index (χ1v) is 10.8. The molecular weight excluding hydrogens is 426 g/mol. The van der Waals surface area contributed by atoms with E-state index in [1.165, 1.54) is 17.2 Å². The summed E-state index contributed by atoms with van der Waals surface area (Å²) < 4.78 is 0. The van der Waals surface area contributed by atoms with Crippen molar-refractivity contribution in [1.82, 2.24) is 24.8 Å². The van der Waals surface area contributed by atoms with Gasteiger partial charge in [-0.15, -0.1) is 12.4 Å². The Balaban J connectivity index is 0.00000245. The summed E-state index contributed by atoms with van der Waals surface area (Å²) in [5.74, 6) is 1.34. The van der Waals surface area contributed by atoms with Crippen LogP contribution in [0.1, 0.15) is 16.8 Å². The number of nitrogens with one attached hydrogen (secondary N) is 1. The lowest BCUT2D eigenvalue weighted by Gasteiger charge is -2.32. The Morgan fingerprint density at radius 1 is 0.969 bits per heavy atom. The van der Waals surface area contributed by atoms with Gasteiger partial charge in [0.05, 0.1) is 11.4 Å². The summed E-state index contributed by atoms with van der Waals surface area (Å²) in [7, 11) is 2.13. The smallest absolute Gasteiger partial charge is 0.252 e. The molecule has 5 rings (SSSR count). The predicted octanol–water partition coefficient (Wildman–Crippen LogP) is 2.27. The van der Waals surface area contributed by atoms with Crippen LogP contribution in [-0.4, -0.2) is 64.6 Å². The van der Waals surface area contributed by atoms with Crippen molar-refractivity contribution < 1.29 is 0 Å². The fourth-order valence-electron chi connectivity index (χ4n) is 4.27. The summed E-state index contributed by atoms with van der Waals surface area (Å²) in [4.78, 5) is 36.1. The van der Waals surface area contributed by atoms with E-state index < -0.39 is 0 Å². The van der Waals surface area contributed by atoms with Crippen LogP contribution < -0.4 is 15.4 Å². The van der Waals surface area contributed by atoms with Crippen LogP contribution >= 0.6 is 12.4 Å². The van der Waals surface area contributed by atoms with E-state index in [1.807, 2.05) is 6.92 Å². The molecule has 0 amide bonds. The second-order valence-electron chi connectivity index (χ2n) is 8.35. The summed E-state index contributed by atoms with van der Waals surface area (Å²) in [6, 6.07) is 9.96. The lowest BCUT2D eigenvalue weighted by Crippen LogP contribution is -2.45. The number of anilines is 2. The van der Waals surface area contributed by atoms with Gasteiger partial charge in [0.1, 0.15) is 0 Å². The van der Waals surface area contributed by atoms with Gasteiger partial charge < -0.3 is 14.7 Å². The molecule has 1 saturated heterocycles. The average Bonchev–Trinajstić information content (AvgIpc) is 2.79. The molecule has 2 aliphatic heterocycles. The van der Waals surface area contributed by atoms with Gasteiger partial charge in [-0.3, -0.25) is 9.78 Å². The highest BCUT2D eigenvalue weighted by atomic mass is 35.5. The predicted molar refractivity (Wildman–Crippen MR) is 129 cm³/mol. The number of nitrogens with zero attached hydrogens (tertiary/aromatic N) is 6. The van der Waals surface area contributed by atoms with Crippen molar-refractivity contribution in [3.63, 3.8) is 0 Å². The molecule has 0 saturated carbocycles. The van der Waals surface area contributed by atoms with Crippen molar-refractivity contribution in [2.75, 3.05) is 49.6 Å². The maximum atomic E-state index is 12.5. The van der Waals surface area contributed by atoms with E-state index in [9.17, 15) is 4.79 Å². The minimum atomic E-state index is -0.165. The molecule has 2 aliphatic rings. The molecule has 1 aromatic carbocycles. The third-order valence-corrected chi connectivity index (χ3v) is 6.19. The van der Waals surface area contributed by atoms with Crippen molar-refractivity contribution in [3.05, 3.63) is 63.7 Å².